The molecule has 1 amide bonds. The van der Waals surface area contributed by atoms with E-state index in [1.807, 2.05) is 18.2 Å². The Labute approximate surface area is 144 Å². The van der Waals surface area contributed by atoms with E-state index in [2.05, 4.69) is 10.6 Å². The van der Waals surface area contributed by atoms with Gasteiger partial charge in [-0.25, -0.2) is 4.79 Å². The third-order valence-corrected chi connectivity index (χ3v) is 3.42. The third kappa shape index (κ3) is 5.23. The fraction of sp³-hybridized carbons (Fsp3) is 0.188. The summed E-state index contributed by atoms with van der Waals surface area (Å²) in [7, 11) is 0. The van der Waals surface area contributed by atoms with Crippen molar-refractivity contribution in [3.8, 4) is 0 Å². The molecule has 4 N–H and O–H groups in total. The van der Waals surface area contributed by atoms with Crippen LogP contribution in [0.1, 0.15) is 12.5 Å². The summed E-state index contributed by atoms with van der Waals surface area (Å²) in [6.07, 6.45) is -0.534. The molecule has 0 saturated heterocycles. The van der Waals surface area contributed by atoms with Crippen molar-refractivity contribution in [2.24, 2.45) is 0 Å². The molecule has 0 spiro atoms. The Bertz CT molecular complexity index is 687. The Kier molecular flexibility index (Phi) is 5.96. The molecular formula is C16H17Cl2N3O2. The summed E-state index contributed by atoms with van der Waals surface area (Å²) in [4.78, 5) is 11.4. The smallest absolute Gasteiger partial charge is 0.411 e. The van der Waals surface area contributed by atoms with E-state index in [1.54, 1.807) is 25.1 Å². The van der Waals surface area contributed by atoms with Gasteiger partial charge in [-0.15, -0.1) is 0 Å². The van der Waals surface area contributed by atoms with Crippen LogP contribution in [0, 0.1) is 0 Å². The molecule has 23 heavy (non-hydrogen) atoms. The molecule has 0 fully saturated rings. The highest BCUT2D eigenvalue weighted by Gasteiger charge is 2.06. The number of anilines is 3. The van der Waals surface area contributed by atoms with Crippen molar-refractivity contribution >= 4 is 46.4 Å². The Balaban J connectivity index is 2.01. The van der Waals surface area contributed by atoms with Crippen LogP contribution in [0.15, 0.2) is 36.4 Å². The zero-order valence-corrected chi connectivity index (χ0v) is 14.0. The van der Waals surface area contributed by atoms with E-state index >= 15 is 0 Å². The molecule has 0 radical (unpaired) electrons. The molecule has 5 nitrogen and oxygen atoms in total. The molecule has 122 valence electrons. The van der Waals surface area contributed by atoms with Gasteiger partial charge in [0.2, 0.25) is 0 Å². The Hall–Kier alpha value is -2.11. The van der Waals surface area contributed by atoms with Gasteiger partial charge in [0, 0.05) is 22.3 Å². The topological polar surface area (TPSA) is 76.4 Å². The Morgan fingerprint density at radius 3 is 2.48 bits per heavy atom. The van der Waals surface area contributed by atoms with E-state index in [4.69, 9.17) is 33.7 Å². The molecule has 0 aromatic heterocycles. The fourth-order valence-electron chi connectivity index (χ4n) is 1.98. The molecule has 2 aromatic rings. The van der Waals surface area contributed by atoms with Gasteiger partial charge in [0.05, 0.1) is 18.0 Å². The molecule has 7 heteroatoms. The number of nitrogens with two attached hydrogens (primary N) is 1. The van der Waals surface area contributed by atoms with Crippen molar-refractivity contribution < 1.29 is 9.53 Å². The minimum Gasteiger partial charge on any atom is -0.450 e. The number of carbonyl (C=O) groups is 1. The van der Waals surface area contributed by atoms with Gasteiger partial charge in [-0.2, -0.15) is 0 Å². The first-order valence-electron chi connectivity index (χ1n) is 7.00. The van der Waals surface area contributed by atoms with Crippen molar-refractivity contribution in [1.29, 1.82) is 0 Å². The van der Waals surface area contributed by atoms with Crippen LogP contribution in [0.2, 0.25) is 10.0 Å². The number of hydrogen-bond donors (Lipinski definition) is 3. The quantitative estimate of drug-likeness (QED) is 0.677. The molecule has 2 aromatic carbocycles. The summed E-state index contributed by atoms with van der Waals surface area (Å²) in [5.41, 5.74) is 8.63. The summed E-state index contributed by atoms with van der Waals surface area (Å²) in [5.74, 6) is 0. The lowest BCUT2D eigenvalue weighted by atomic mass is 10.2. The monoisotopic (exact) mass is 353 g/mol. The highest BCUT2D eigenvalue weighted by atomic mass is 35.5. The van der Waals surface area contributed by atoms with E-state index in [0.717, 1.165) is 11.3 Å². The summed E-state index contributed by atoms with van der Waals surface area (Å²) in [6, 6.07) is 10.6. The van der Waals surface area contributed by atoms with Crippen LogP contribution in [-0.4, -0.2) is 12.7 Å². The van der Waals surface area contributed by atoms with Gasteiger partial charge in [-0.3, -0.25) is 5.32 Å². The highest BCUT2D eigenvalue weighted by Crippen LogP contribution is 2.24. The second kappa shape index (κ2) is 7.94. The normalized spacial score (nSPS) is 10.2. The number of carbonyl (C=O) groups excluding carboxylic acids is 1. The zero-order valence-electron chi connectivity index (χ0n) is 12.5. The molecule has 0 aliphatic rings. The number of nitrogen functional groups attached to an aromatic ring is 1. The maximum atomic E-state index is 11.4. The number of benzene rings is 2. The van der Waals surface area contributed by atoms with Crippen molar-refractivity contribution in [3.63, 3.8) is 0 Å². The number of nitrogens with one attached hydrogen (secondary N) is 2. The number of rotatable bonds is 5. The van der Waals surface area contributed by atoms with E-state index in [9.17, 15) is 4.79 Å². The summed E-state index contributed by atoms with van der Waals surface area (Å²) in [5, 5.41) is 6.97. The molecule has 2 rings (SSSR count). The molecule has 0 aliphatic carbocycles. The van der Waals surface area contributed by atoms with Gasteiger partial charge in [-0.05, 0) is 48.9 Å². The summed E-state index contributed by atoms with van der Waals surface area (Å²) in [6.45, 7) is 2.58. The fourth-order valence-corrected chi connectivity index (χ4v) is 2.55. The third-order valence-electron chi connectivity index (χ3n) is 2.98. The average Bonchev–Trinajstić information content (AvgIpc) is 2.47. The van der Waals surface area contributed by atoms with E-state index in [0.29, 0.717) is 34.6 Å². The molecular weight excluding hydrogens is 337 g/mol. The molecule has 0 saturated carbocycles. The second-order valence-electron chi connectivity index (χ2n) is 4.78. The van der Waals surface area contributed by atoms with Crippen molar-refractivity contribution in [1.82, 2.24) is 0 Å². The standard InChI is InChI=1S/C16H17Cl2N3O2/c1-2-23-16(22)21-15-4-3-13(8-14(15)19)20-9-10-5-11(17)7-12(18)6-10/h3-8,20H,2,9,19H2,1H3,(H,21,22). The number of amides is 1. The lowest BCUT2D eigenvalue weighted by Gasteiger charge is -2.12. The predicted molar refractivity (Wildman–Crippen MR) is 95.3 cm³/mol. The Morgan fingerprint density at radius 2 is 1.87 bits per heavy atom. The van der Waals surface area contributed by atoms with Crippen LogP contribution in [0.5, 0.6) is 0 Å². The van der Waals surface area contributed by atoms with Crippen LogP contribution in [-0.2, 0) is 11.3 Å². The predicted octanol–water partition coefficient (Wildman–Crippen LogP) is 4.76. The van der Waals surface area contributed by atoms with Crippen molar-refractivity contribution in [3.05, 3.63) is 52.0 Å². The first-order chi connectivity index (χ1) is 11.0. The van der Waals surface area contributed by atoms with E-state index in [1.165, 1.54) is 0 Å². The van der Waals surface area contributed by atoms with Crippen LogP contribution < -0.4 is 16.4 Å². The van der Waals surface area contributed by atoms with Crippen LogP contribution in [0.3, 0.4) is 0 Å². The van der Waals surface area contributed by atoms with Gasteiger partial charge < -0.3 is 15.8 Å². The van der Waals surface area contributed by atoms with Gasteiger partial charge in [0.1, 0.15) is 0 Å². The molecule has 0 aliphatic heterocycles. The maximum absolute atomic E-state index is 11.4. The summed E-state index contributed by atoms with van der Waals surface area (Å²) >= 11 is 11.9. The van der Waals surface area contributed by atoms with Crippen molar-refractivity contribution in [2.75, 3.05) is 23.0 Å². The molecule has 0 bridgehead atoms. The lowest BCUT2D eigenvalue weighted by molar-refractivity contribution is 0.168. The maximum Gasteiger partial charge on any atom is 0.411 e. The minimum atomic E-state index is -0.534. The van der Waals surface area contributed by atoms with Gasteiger partial charge >= 0.3 is 6.09 Å². The first kappa shape index (κ1) is 17.2. The molecule has 0 atom stereocenters. The Morgan fingerprint density at radius 1 is 1.17 bits per heavy atom. The lowest BCUT2D eigenvalue weighted by Crippen LogP contribution is -2.14. The molecule has 0 unspecified atom stereocenters. The SMILES string of the molecule is CCOC(=O)Nc1ccc(NCc2cc(Cl)cc(Cl)c2)cc1N. The highest BCUT2D eigenvalue weighted by molar-refractivity contribution is 6.34. The van der Waals surface area contributed by atoms with E-state index in [-0.39, 0.29) is 0 Å². The molecule has 0 heterocycles. The van der Waals surface area contributed by atoms with Gasteiger partial charge in [-0.1, -0.05) is 23.2 Å². The van der Waals surface area contributed by atoms with Crippen LogP contribution in [0.4, 0.5) is 21.9 Å². The number of halogens is 2. The average molecular weight is 354 g/mol. The minimum absolute atomic E-state index is 0.299. The van der Waals surface area contributed by atoms with Crippen LogP contribution >= 0.6 is 23.2 Å². The van der Waals surface area contributed by atoms with Gasteiger partial charge in [0.15, 0.2) is 0 Å². The summed E-state index contributed by atoms with van der Waals surface area (Å²) < 4.78 is 4.81. The van der Waals surface area contributed by atoms with Gasteiger partial charge in [0.25, 0.3) is 0 Å². The second-order valence-corrected chi connectivity index (χ2v) is 5.65. The number of ether oxygens (including phenoxy) is 1. The van der Waals surface area contributed by atoms with E-state index < -0.39 is 6.09 Å². The number of hydrogen-bond acceptors (Lipinski definition) is 4. The van der Waals surface area contributed by atoms with Crippen LogP contribution in [0.25, 0.3) is 0 Å². The zero-order chi connectivity index (χ0) is 16.8. The largest absolute Gasteiger partial charge is 0.450 e. The first-order valence-corrected chi connectivity index (χ1v) is 7.75. The van der Waals surface area contributed by atoms with Crippen molar-refractivity contribution in [2.45, 2.75) is 13.5 Å².